The van der Waals surface area contributed by atoms with Gasteiger partial charge in [-0.3, -0.25) is 4.90 Å². The first-order valence-electron chi connectivity index (χ1n) is 7.94. The maximum atomic E-state index is 11.6. The maximum Gasteiger partial charge on any atom is 0.148 e. The summed E-state index contributed by atoms with van der Waals surface area (Å²) in [6.07, 6.45) is 3.52. The second kappa shape index (κ2) is 5.95. The van der Waals surface area contributed by atoms with Gasteiger partial charge in [0.2, 0.25) is 0 Å². The number of hydrogen-bond donors (Lipinski definition) is 0. The summed E-state index contributed by atoms with van der Waals surface area (Å²) in [6, 6.07) is 8.49. The van der Waals surface area contributed by atoms with E-state index in [0.717, 1.165) is 32.5 Å². The zero-order valence-electron chi connectivity index (χ0n) is 13.4. The highest BCUT2D eigenvalue weighted by molar-refractivity contribution is 7.90. The van der Waals surface area contributed by atoms with Gasteiger partial charge in [0.15, 0.2) is 0 Å². The molecule has 4 nitrogen and oxygen atoms in total. The van der Waals surface area contributed by atoms with Gasteiger partial charge in [-0.05, 0) is 30.7 Å². The average molecular weight is 323 g/mol. The lowest BCUT2D eigenvalue weighted by Crippen LogP contribution is -2.42. The first kappa shape index (κ1) is 16.0. The van der Waals surface area contributed by atoms with Crippen LogP contribution in [-0.2, 0) is 14.6 Å². The van der Waals surface area contributed by atoms with Crippen molar-refractivity contribution >= 4 is 9.84 Å². The third-order valence-electron chi connectivity index (χ3n) is 4.68. The summed E-state index contributed by atoms with van der Waals surface area (Å²) in [5.74, 6) is 0.326. The fourth-order valence-electron chi connectivity index (χ4n) is 3.38. The Balaban J connectivity index is 1.63. The molecular formula is C17H25NO3S. The lowest BCUT2D eigenvalue weighted by atomic mass is 10.0. The van der Waals surface area contributed by atoms with Crippen LogP contribution < -0.4 is 0 Å². The lowest BCUT2D eigenvalue weighted by molar-refractivity contribution is -0.0350. The molecule has 5 heteroatoms. The highest BCUT2D eigenvalue weighted by Gasteiger charge is 2.46. The summed E-state index contributed by atoms with van der Waals surface area (Å²) < 4.78 is 29.1. The number of benzene rings is 1. The fraction of sp³-hybridized carbons (Fsp3) is 0.647. The minimum Gasteiger partial charge on any atom is -0.371 e. The molecule has 1 saturated carbocycles. The van der Waals surface area contributed by atoms with E-state index in [1.54, 1.807) is 0 Å². The van der Waals surface area contributed by atoms with Gasteiger partial charge in [0.25, 0.3) is 0 Å². The van der Waals surface area contributed by atoms with E-state index in [1.165, 1.54) is 17.4 Å². The molecule has 0 aromatic heterocycles. The molecule has 122 valence electrons. The molecule has 1 aliphatic heterocycles. The lowest BCUT2D eigenvalue weighted by Gasteiger charge is -2.35. The Bertz CT molecular complexity index is 620. The molecule has 0 spiro atoms. The smallest absolute Gasteiger partial charge is 0.148 e. The van der Waals surface area contributed by atoms with Crippen molar-refractivity contribution in [3.8, 4) is 0 Å². The molecule has 2 aliphatic rings. The van der Waals surface area contributed by atoms with E-state index in [2.05, 4.69) is 36.1 Å². The number of sulfone groups is 1. The molecule has 1 aromatic carbocycles. The molecule has 0 N–H and O–H groups in total. The molecule has 1 unspecified atom stereocenters. The molecule has 0 radical (unpaired) electrons. The van der Waals surface area contributed by atoms with E-state index in [0.29, 0.717) is 12.4 Å². The van der Waals surface area contributed by atoms with Crippen molar-refractivity contribution in [2.75, 3.05) is 38.2 Å². The van der Waals surface area contributed by atoms with Gasteiger partial charge in [0.05, 0.1) is 18.5 Å². The van der Waals surface area contributed by atoms with Crippen LogP contribution in [0, 0.1) is 12.3 Å². The quantitative estimate of drug-likeness (QED) is 0.833. The Kier molecular flexibility index (Phi) is 4.32. The second-order valence-corrected chi connectivity index (χ2v) is 9.22. The van der Waals surface area contributed by atoms with Gasteiger partial charge in [-0.1, -0.05) is 29.8 Å². The monoisotopic (exact) mass is 323 g/mol. The van der Waals surface area contributed by atoms with Gasteiger partial charge in [0.1, 0.15) is 9.84 Å². The molecule has 0 bridgehead atoms. The Labute approximate surface area is 133 Å². The maximum absolute atomic E-state index is 11.6. The van der Waals surface area contributed by atoms with Crippen LogP contribution in [0.15, 0.2) is 24.3 Å². The normalized spacial score (nSPS) is 25.1. The summed E-state index contributed by atoms with van der Waals surface area (Å²) in [7, 11) is -2.90. The standard InChI is InChI=1S/C17H25NO3S/c1-14-3-5-15(6-4-14)16-11-18(9-10-21-16)12-17(7-8-17)13-22(2,19)20/h3-6,16H,7-13H2,1-2H3. The third kappa shape index (κ3) is 4.09. The van der Waals surface area contributed by atoms with Gasteiger partial charge >= 0.3 is 0 Å². The predicted octanol–water partition coefficient (Wildman–Crippen LogP) is 2.19. The number of aryl methyl sites for hydroxylation is 1. The van der Waals surface area contributed by atoms with E-state index in [1.807, 2.05) is 0 Å². The van der Waals surface area contributed by atoms with Crippen molar-refractivity contribution in [3.05, 3.63) is 35.4 Å². The molecule has 3 rings (SSSR count). The Morgan fingerprint density at radius 3 is 2.55 bits per heavy atom. The summed E-state index contributed by atoms with van der Waals surface area (Å²) in [4.78, 5) is 2.38. The summed E-state index contributed by atoms with van der Waals surface area (Å²) in [5.41, 5.74) is 2.47. The average Bonchev–Trinajstić information content (AvgIpc) is 3.16. The zero-order valence-corrected chi connectivity index (χ0v) is 14.2. The van der Waals surface area contributed by atoms with Crippen LogP contribution in [0.2, 0.25) is 0 Å². The van der Waals surface area contributed by atoms with Gasteiger partial charge in [0, 0.05) is 25.9 Å². The van der Waals surface area contributed by atoms with Crippen LogP contribution >= 0.6 is 0 Å². The van der Waals surface area contributed by atoms with Crippen LogP contribution in [0.5, 0.6) is 0 Å². The fourth-order valence-corrected chi connectivity index (χ4v) is 4.88. The van der Waals surface area contributed by atoms with Crippen molar-refractivity contribution in [3.63, 3.8) is 0 Å². The minimum atomic E-state index is -2.90. The molecule has 1 aromatic rings. The number of nitrogens with zero attached hydrogens (tertiary/aromatic N) is 1. The van der Waals surface area contributed by atoms with Crippen LogP contribution in [0.4, 0.5) is 0 Å². The summed E-state index contributed by atoms with van der Waals surface area (Å²) in [6.45, 7) is 5.43. The van der Waals surface area contributed by atoms with Gasteiger partial charge in [-0.25, -0.2) is 8.42 Å². The molecule has 1 aliphatic carbocycles. The number of ether oxygens (including phenoxy) is 1. The van der Waals surface area contributed by atoms with Gasteiger partial charge in [-0.15, -0.1) is 0 Å². The largest absolute Gasteiger partial charge is 0.371 e. The summed E-state index contributed by atoms with van der Waals surface area (Å²) in [5, 5.41) is 0. The molecule has 1 atom stereocenters. The first-order valence-corrected chi connectivity index (χ1v) is 10.00. The molecule has 0 amide bonds. The minimum absolute atomic E-state index is 0.00273. The number of hydrogen-bond acceptors (Lipinski definition) is 4. The van der Waals surface area contributed by atoms with Crippen LogP contribution in [0.1, 0.15) is 30.1 Å². The molecule has 1 heterocycles. The highest BCUT2D eigenvalue weighted by Crippen LogP contribution is 2.47. The molecule has 22 heavy (non-hydrogen) atoms. The van der Waals surface area contributed by atoms with Gasteiger partial charge in [-0.2, -0.15) is 0 Å². The van der Waals surface area contributed by atoms with E-state index in [-0.39, 0.29) is 11.5 Å². The van der Waals surface area contributed by atoms with Crippen LogP contribution in [-0.4, -0.2) is 51.6 Å². The zero-order chi connectivity index (χ0) is 15.8. The van der Waals surface area contributed by atoms with Gasteiger partial charge < -0.3 is 4.74 Å². The Hall–Kier alpha value is -0.910. The molecule has 1 saturated heterocycles. The molecular weight excluding hydrogens is 298 g/mol. The Morgan fingerprint density at radius 2 is 1.95 bits per heavy atom. The SMILES string of the molecule is Cc1ccc(C2CN(CC3(CS(C)(=O)=O)CC3)CCO2)cc1. The van der Waals surface area contributed by atoms with Crippen LogP contribution in [0.25, 0.3) is 0 Å². The van der Waals surface area contributed by atoms with Crippen molar-refractivity contribution < 1.29 is 13.2 Å². The second-order valence-electron chi connectivity index (χ2n) is 7.08. The molecule has 2 fully saturated rings. The van der Waals surface area contributed by atoms with E-state index in [9.17, 15) is 8.42 Å². The van der Waals surface area contributed by atoms with Crippen molar-refractivity contribution in [1.29, 1.82) is 0 Å². The Morgan fingerprint density at radius 1 is 1.27 bits per heavy atom. The van der Waals surface area contributed by atoms with Crippen molar-refractivity contribution in [1.82, 2.24) is 4.90 Å². The van der Waals surface area contributed by atoms with E-state index in [4.69, 9.17) is 4.74 Å². The van der Waals surface area contributed by atoms with Crippen LogP contribution in [0.3, 0.4) is 0 Å². The summed E-state index contributed by atoms with van der Waals surface area (Å²) >= 11 is 0. The van der Waals surface area contributed by atoms with E-state index >= 15 is 0 Å². The van der Waals surface area contributed by atoms with E-state index < -0.39 is 9.84 Å². The number of morpholine rings is 1. The highest BCUT2D eigenvalue weighted by atomic mass is 32.2. The topological polar surface area (TPSA) is 46.6 Å². The predicted molar refractivity (Wildman–Crippen MR) is 87.7 cm³/mol. The first-order chi connectivity index (χ1) is 10.4. The number of rotatable bonds is 5. The van der Waals surface area contributed by atoms with Crippen molar-refractivity contribution in [2.45, 2.75) is 25.9 Å². The van der Waals surface area contributed by atoms with Crippen molar-refractivity contribution in [2.24, 2.45) is 5.41 Å². The third-order valence-corrected chi connectivity index (χ3v) is 5.82.